The number of thioether (sulfide) groups is 1. The Morgan fingerprint density at radius 3 is 2.80 bits per heavy atom. The summed E-state index contributed by atoms with van der Waals surface area (Å²) in [5.41, 5.74) is 2.66. The first-order chi connectivity index (χ1) is 9.72. The Morgan fingerprint density at radius 1 is 1.35 bits per heavy atom. The van der Waals surface area contributed by atoms with Crippen LogP contribution in [0.4, 0.5) is 0 Å². The Kier molecular flexibility index (Phi) is 5.68. The van der Waals surface area contributed by atoms with E-state index in [-0.39, 0.29) is 0 Å². The average molecular weight is 289 g/mol. The molecule has 1 heterocycles. The molecule has 108 valence electrons. The molecule has 0 aliphatic carbocycles. The third kappa shape index (κ3) is 4.12. The van der Waals surface area contributed by atoms with Crippen molar-refractivity contribution >= 4 is 11.8 Å². The van der Waals surface area contributed by atoms with Crippen LogP contribution in [0.2, 0.25) is 0 Å². The van der Waals surface area contributed by atoms with Gasteiger partial charge in [0.25, 0.3) is 0 Å². The predicted octanol–water partition coefficient (Wildman–Crippen LogP) is 3.13. The largest absolute Gasteiger partial charge is 0.316 e. The van der Waals surface area contributed by atoms with Gasteiger partial charge in [-0.1, -0.05) is 18.2 Å². The standard InChI is InChI=1S/C16H23N3S/c1-4-19-11-14(10-18-19)9-15(17-3)12-20-16-8-6-5-7-13(16)2/h5-8,10-11,15,17H,4,9,12H2,1-3H3. The molecule has 0 saturated heterocycles. The molecule has 1 N–H and O–H groups in total. The molecular formula is C16H23N3S. The molecule has 0 fully saturated rings. The van der Waals surface area contributed by atoms with Crippen LogP contribution in [0.5, 0.6) is 0 Å². The van der Waals surface area contributed by atoms with E-state index in [0.717, 1.165) is 18.7 Å². The van der Waals surface area contributed by atoms with Crippen LogP contribution in [0, 0.1) is 6.92 Å². The van der Waals surface area contributed by atoms with E-state index in [1.54, 1.807) is 0 Å². The van der Waals surface area contributed by atoms with E-state index in [1.807, 2.05) is 29.7 Å². The van der Waals surface area contributed by atoms with Crippen LogP contribution >= 0.6 is 11.8 Å². The van der Waals surface area contributed by atoms with Gasteiger partial charge in [0.2, 0.25) is 0 Å². The molecule has 0 aliphatic rings. The molecule has 1 unspecified atom stereocenters. The third-order valence-corrected chi connectivity index (χ3v) is 4.77. The maximum absolute atomic E-state index is 4.34. The molecule has 0 bridgehead atoms. The zero-order valence-electron chi connectivity index (χ0n) is 12.5. The summed E-state index contributed by atoms with van der Waals surface area (Å²) in [5.74, 6) is 1.07. The lowest BCUT2D eigenvalue weighted by molar-refractivity contribution is 0.615. The number of hydrogen-bond acceptors (Lipinski definition) is 3. The summed E-state index contributed by atoms with van der Waals surface area (Å²) in [4.78, 5) is 1.37. The van der Waals surface area contributed by atoms with Crippen molar-refractivity contribution in [2.75, 3.05) is 12.8 Å². The van der Waals surface area contributed by atoms with E-state index in [0.29, 0.717) is 6.04 Å². The van der Waals surface area contributed by atoms with E-state index in [9.17, 15) is 0 Å². The van der Waals surface area contributed by atoms with Crippen LogP contribution in [-0.4, -0.2) is 28.6 Å². The summed E-state index contributed by atoms with van der Waals surface area (Å²) >= 11 is 1.92. The first-order valence-electron chi connectivity index (χ1n) is 7.10. The van der Waals surface area contributed by atoms with Crippen molar-refractivity contribution in [1.29, 1.82) is 0 Å². The summed E-state index contributed by atoms with van der Waals surface area (Å²) in [7, 11) is 2.04. The Labute approximate surface area is 125 Å². The van der Waals surface area contributed by atoms with Crippen molar-refractivity contribution in [3.63, 3.8) is 0 Å². The predicted molar refractivity (Wildman–Crippen MR) is 86.4 cm³/mol. The number of nitrogens with zero attached hydrogens (tertiary/aromatic N) is 2. The van der Waals surface area contributed by atoms with Crippen molar-refractivity contribution in [2.24, 2.45) is 0 Å². The summed E-state index contributed by atoms with van der Waals surface area (Å²) < 4.78 is 1.98. The van der Waals surface area contributed by atoms with Gasteiger partial charge >= 0.3 is 0 Å². The lowest BCUT2D eigenvalue weighted by Crippen LogP contribution is -2.29. The molecule has 20 heavy (non-hydrogen) atoms. The van der Waals surface area contributed by atoms with Crippen molar-refractivity contribution < 1.29 is 0 Å². The summed E-state index contributed by atoms with van der Waals surface area (Å²) in [5, 5.41) is 7.75. The zero-order chi connectivity index (χ0) is 14.4. The molecule has 4 heteroatoms. The highest BCUT2D eigenvalue weighted by molar-refractivity contribution is 7.99. The first kappa shape index (κ1) is 15.1. The highest BCUT2D eigenvalue weighted by Crippen LogP contribution is 2.23. The second kappa shape index (κ2) is 7.50. The van der Waals surface area contributed by atoms with E-state index in [1.165, 1.54) is 16.0 Å². The quantitative estimate of drug-likeness (QED) is 0.794. The smallest absolute Gasteiger partial charge is 0.0522 e. The van der Waals surface area contributed by atoms with E-state index < -0.39 is 0 Å². The van der Waals surface area contributed by atoms with Gasteiger partial charge in [-0.25, -0.2) is 0 Å². The van der Waals surface area contributed by atoms with Gasteiger partial charge in [0.05, 0.1) is 6.20 Å². The number of rotatable bonds is 7. The van der Waals surface area contributed by atoms with Crippen LogP contribution in [0.3, 0.4) is 0 Å². The average Bonchev–Trinajstić information content (AvgIpc) is 2.92. The molecular weight excluding hydrogens is 266 g/mol. The van der Waals surface area contributed by atoms with Crippen LogP contribution in [-0.2, 0) is 13.0 Å². The van der Waals surface area contributed by atoms with E-state index in [2.05, 4.69) is 54.7 Å². The number of likely N-dealkylation sites (N-methyl/N-ethyl adjacent to an activating group) is 1. The number of nitrogens with one attached hydrogen (secondary N) is 1. The third-order valence-electron chi connectivity index (χ3n) is 3.43. The fourth-order valence-corrected chi connectivity index (χ4v) is 3.26. The highest BCUT2D eigenvalue weighted by Gasteiger charge is 2.10. The van der Waals surface area contributed by atoms with E-state index in [4.69, 9.17) is 0 Å². The molecule has 1 atom stereocenters. The van der Waals surface area contributed by atoms with Crippen LogP contribution in [0.1, 0.15) is 18.1 Å². The maximum atomic E-state index is 4.34. The molecule has 2 rings (SSSR count). The molecule has 0 amide bonds. The minimum atomic E-state index is 0.467. The normalized spacial score (nSPS) is 12.6. The molecule has 0 aliphatic heterocycles. The number of benzene rings is 1. The Bertz CT molecular complexity index is 536. The minimum Gasteiger partial charge on any atom is -0.316 e. The molecule has 1 aromatic heterocycles. The molecule has 1 aromatic carbocycles. The van der Waals surface area contributed by atoms with Crippen molar-refractivity contribution in [1.82, 2.24) is 15.1 Å². The lowest BCUT2D eigenvalue weighted by atomic mass is 10.1. The Balaban J connectivity index is 1.91. The summed E-state index contributed by atoms with van der Waals surface area (Å²) in [6, 6.07) is 9.03. The van der Waals surface area contributed by atoms with Gasteiger partial charge in [-0.2, -0.15) is 5.10 Å². The first-order valence-corrected chi connectivity index (χ1v) is 8.08. The fourth-order valence-electron chi connectivity index (χ4n) is 2.12. The molecule has 0 saturated carbocycles. The second-order valence-corrected chi connectivity index (χ2v) is 6.03. The summed E-state index contributed by atoms with van der Waals surface area (Å²) in [6.07, 6.45) is 5.14. The Morgan fingerprint density at radius 2 is 2.15 bits per heavy atom. The molecule has 3 nitrogen and oxygen atoms in total. The van der Waals surface area contributed by atoms with Gasteiger partial charge in [0, 0.05) is 29.4 Å². The van der Waals surface area contributed by atoms with Crippen molar-refractivity contribution in [3.8, 4) is 0 Å². The summed E-state index contributed by atoms with van der Waals surface area (Å²) in [6.45, 7) is 5.21. The minimum absolute atomic E-state index is 0.467. The molecule has 0 radical (unpaired) electrons. The topological polar surface area (TPSA) is 29.9 Å². The van der Waals surface area contributed by atoms with Gasteiger partial charge in [-0.05, 0) is 44.5 Å². The zero-order valence-corrected chi connectivity index (χ0v) is 13.3. The van der Waals surface area contributed by atoms with Gasteiger partial charge in [0.1, 0.15) is 0 Å². The molecule has 0 spiro atoms. The van der Waals surface area contributed by atoms with Crippen molar-refractivity contribution in [3.05, 3.63) is 47.8 Å². The molecule has 2 aromatic rings. The fraction of sp³-hybridized carbons (Fsp3) is 0.438. The number of aryl methyl sites for hydroxylation is 2. The SMILES string of the molecule is CCn1cc(CC(CSc2ccccc2C)NC)cn1. The monoisotopic (exact) mass is 289 g/mol. The van der Waals surface area contributed by atoms with Crippen LogP contribution in [0.15, 0.2) is 41.6 Å². The second-order valence-electron chi connectivity index (χ2n) is 4.97. The van der Waals surface area contributed by atoms with Gasteiger partial charge in [-0.15, -0.1) is 11.8 Å². The van der Waals surface area contributed by atoms with Crippen LogP contribution < -0.4 is 5.32 Å². The lowest BCUT2D eigenvalue weighted by Gasteiger charge is -2.15. The Hall–Kier alpha value is -1.26. The van der Waals surface area contributed by atoms with Gasteiger partial charge < -0.3 is 5.32 Å². The maximum Gasteiger partial charge on any atom is 0.0522 e. The number of hydrogen-bond donors (Lipinski definition) is 1. The highest BCUT2D eigenvalue weighted by atomic mass is 32.2. The van der Waals surface area contributed by atoms with Crippen molar-refractivity contribution in [2.45, 2.75) is 37.8 Å². The van der Waals surface area contributed by atoms with Crippen LogP contribution in [0.25, 0.3) is 0 Å². The van der Waals surface area contributed by atoms with Gasteiger partial charge in [-0.3, -0.25) is 4.68 Å². The van der Waals surface area contributed by atoms with Gasteiger partial charge in [0.15, 0.2) is 0 Å². The van der Waals surface area contributed by atoms with E-state index >= 15 is 0 Å². The number of aromatic nitrogens is 2.